The molecule has 3 rings (SSSR count). The molecule has 0 spiro atoms. The normalized spacial score (nSPS) is 10.5. The molecule has 152 valence electrons. The molecule has 2 aromatic carbocycles. The van der Waals surface area contributed by atoms with Gasteiger partial charge in [-0.15, -0.1) is 0 Å². The minimum Gasteiger partial charge on any atom is -0.481 e. The predicted octanol–water partition coefficient (Wildman–Crippen LogP) is 5.09. The third kappa shape index (κ3) is 5.03. The van der Waals surface area contributed by atoms with Crippen molar-refractivity contribution in [2.75, 3.05) is 0 Å². The number of rotatable bonds is 9. The van der Waals surface area contributed by atoms with Crippen LogP contribution in [0.15, 0.2) is 71.5 Å². The summed E-state index contributed by atoms with van der Waals surface area (Å²) in [6, 6.07) is 23.2. The SMILES string of the molecule is N#Cc1c(-c2ccccc2)cc(-c2ccccc2)n(CCCCCCC(=O)O)c1=O. The zero-order chi connectivity index (χ0) is 21.3. The summed E-state index contributed by atoms with van der Waals surface area (Å²) >= 11 is 0. The molecule has 0 saturated carbocycles. The van der Waals surface area contributed by atoms with Gasteiger partial charge in [-0.1, -0.05) is 73.5 Å². The largest absolute Gasteiger partial charge is 0.481 e. The van der Waals surface area contributed by atoms with Gasteiger partial charge in [-0.25, -0.2) is 0 Å². The van der Waals surface area contributed by atoms with Crippen molar-refractivity contribution in [3.8, 4) is 28.5 Å². The highest BCUT2D eigenvalue weighted by Crippen LogP contribution is 2.27. The first-order valence-corrected chi connectivity index (χ1v) is 10.1. The Kier molecular flexibility index (Phi) is 7.18. The molecule has 5 nitrogen and oxygen atoms in total. The maximum Gasteiger partial charge on any atom is 0.303 e. The van der Waals surface area contributed by atoms with Crippen LogP contribution in [0, 0.1) is 11.3 Å². The van der Waals surface area contributed by atoms with Crippen LogP contribution in [-0.4, -0.2) is 15.6 Å². The summed E-state index contributed by atoms with van der Waals surface area (Å²) in [5.41, 5.74) is 3.03. The molecule has 1 N–H and O–H groups in total. The van der Waals surface area contributed by atoms with Gasteiger partial charge in [0.05, 0.1) is 5.69 Å². The minimum atomic E-state index is -0.784. The summed E-state index contributed by atoms with van der Waals surface area (Å²) in [6.45, 7) is 0.486. The molecular weight excluding hydrogens is 376 g/mol. The van der Waals surface area contributed by atoms with Gasteiger partial charge in [0.1, 0.15) is 11.6 Å². The second-order valence-electron chi connectivity index (χ2n) is 7.18. The Balaban J connectivity index is 1.97. The van der Waals surface area contributed by atoms with Gasteiger partial charge in [0.25, 0.3) is 5.56 Å². The lowest BCUT2D eigenvalue weighted by Gasteiger charge is -2.16. The van der Waals surface area contributed by atoms with Gasteiger partial charge in [-0.2, -0.15) is 5.26 Å². The number of carbonyl (C=O) groups is 1. The molecule has 5 heteroatoms. The monoisotopic (exact) mass is 400 g/mol. The Morgan fingerprint density at radius 3 is 2.10 bits per heavy atom. The Bertz CT molecular complexity index is 1100. The topological polar surface area (TPSA) is 83.1 Å². The molecule has 0 saturated heterocycles. The van der Waals surface area contributed by atoms with Crippen LogP contribution >= 0.6 is 0 Å². The standard InChI is InChI=1S/C25H24N2O3/c26-18-22-21(19-11-5-3-6-12-19)17-23(20-13-7-4-8-14-20)27(25(22)30)16-10-2-1-9-15-24(28)29/h3-8,11-14,17H,1-2,9-10,15-16H2,(H,28,29). The molecule has 0 amide bonds. The second-order valence-corrected chi connectivity index (χ2v) is 7.18. The number of pyridine rings is 1. The molecule has 0 aliphatic heterocycles. The van der Waals surface area contributed by atoms with E-state index in [0.29, 0.717) is 18.5 Å². The smallest absolute Gasteiger partial charge is 0.303 e. The molecule has 0 fully saturated rings. The maximum atomic E-state index is 13.3. The Morgan fingerprint density at radius 1 is 0.900 bits per heavy atom. The molecule has 1 heterocycles. The zero-order valence-electron chi connectivity index (χ0n) is 16.8. The second kappa shape index (κ2) is 10.2. The summed E-state index contributed by atoms with van der Waals surface area (Å²) in [7, 11) is 0. The van der Waals surface area contributed by atoms with E-state index < -0.39 is 5.97 Å². The lowest BCUT2D eigenvalue weighted by atomic mass is 9.98. The van der Waals surface area contributed by atoms with E-state index in [0.717, 1.165) is 36.1 Å². The van der Waals surface area contributed by atoms with Gasteiger partial charge in [-0.3, -0.25) is 9.59 Å². The van der Waals surface area contributed by atoms with Gasteiger partial charge < -0.3 is 9.67 Å². The fourth-order valence-corrected chi connectivity index (χ4v) is 3.57. The van der Waals surface area contributed by atoms with Crippen molar-refractivity contribution in [3.63, 3.8) is 0 Å². The predicted molar refractivity (Wildman–Crippen MR) is 117 cm³/mol. The van der Waals surface area contributed by atoms with Crippen molar-refractivity contribution in [2.24, 2.45) is 0 Å². The Labute approximate surface area is 175 Å². The van der Waals surface area contributed by atoms with Crippen LogP contribution in [-0.2, 0) is 11.3 Å². The number of nitrogens with zero attached hydrogens (tertiary/aromatic N) is 2. The highest BCUT2D eigenvalue weighted by molar-refractivity contribution is 5.75. The number of benzene rings is 2. The summed E-state index contributed by atoms with van der Waals surface area (Å²) in [4.78, 5) is 23.9. The third-order valence-corrected chi connectivity index (χ3v) is 5.09. The number of nitriles is 1. The van der Waals surface area contributed by atoms with Crippen molar-refractivity contribution >= 4 is 5.97 Å². The van der Waals surface area contributed by atoms with Crippen molar-refractivity contribution in [3.05, 3.63) is 82.6 Å². The van der Waals surface area contributed by atoms with Crippen molar-refractivity contribution in [1.82, 2.24) is 4.57 Å². The zero-order valence-corrected chi connectivity index (χ0v) is 16.8. The number of carboxylic acids is 1. The number of carboxylic acid groups (broad SMARTS) is 1. The number of aliphatic carboxylic acids is 1. The molecule has 1 aromatic heterocycles. The third-order valence-electron chi connectivity index (χ3n) is 5.09. The first-order valence-electron chi connectivity index (χ1n) is 10.1. The summed E-state index contributed by atoms with van der Waals surface area (Å²) in [5.74, 6) is -0.784. The van der Waals surface area contributed by atoms with E-state index in [1.54, 1.807) is 4.57 Å². The van der Waals surface area contributed by atoms with Crippen LogP contribution in [0.1, 0.15) is 37.7 Å². The molecule has 0 atom stereocenters. The van der Waals surface area contributed by atoms with Crippen molar-refractivity contribution in [2.45, 2.75) is 38.6 Å². The van der Waals surface area contributed by atoms with Gasteiger partial charge in [0.15, 0.2) is 0 Å². The van der Waals surface area contributed by atoms with Crippen LogP contribution in [0.2, 0.25) is 0 Å². The van der Waals surface area contributed by atoms with Crippen LogP contribution < -0.4 is 5.56 Å². The van der Waals surface area contributed by atoms with Crippen molar-refractivity contribution in [1.29, 1.82) is 5.26 Å². The molecule has 0 bridgehead atoms. The first-order chi connectivity index (χ1) is 14.6. The average Bonchev–Trinajstić information content (AvgIpc) is 2.77. The maximum absolute atomic E-state index is 13.3. The molecule has 0 aliphatic carbocycles. The van der Waals surface area contributed by atoms with E-state index in [-0.39, 0.29) is 17.5 Å². The Morgan fingerprint density at radius 2 is 1.50 bits per heavy atom. The summed E-state index contributed by atoms with van der Waals surface area (Å²) in [6.07, 6.45) is 3.17. The lowest BCUT2D eigenvalue weighted by Crippen LogP contribution is -2.25. The molecule has 0 aliphatic rings. The Hall–Kier alpha value is -3.65. The van der Waals surface area contributed by atoms with Crippen LogP contribution in [0.3, 0.4) is 0 Å². The van der Waals surface area contributed by atoms with E-state index in [1.807, 2.05) is 66.7 Å². The summed E-state index contributed by atoms with van der Waals surface area (Å²) in [5, 5.41) is 18.5. The summed E-state index contributed by atoms with van der Waals surface area (Å²) < 4.78 is 1.68. The first kappa shape index (κ1) is 21.1. The highest BCUT2D eigenvalue weighted by Gasteiger charge is 2.17. The quantitative estimate of drug-likeness (QED) is 0.507. The number of hydrogen-bond donors (Lipinski definition) is 1. The van der Waals surface area contributed by atoms with E-state index in [9.17, 15) is 14.9 Å². The van der Waals surface area contributed by atoms with Crippen LogP contribution in [0.4, 0.5) is 0 Å². The van der Waals surface area contributed by atoms with Gasteiger partial charge in [-0.05, 0) is 30.0 Å². The number of unbranched alkanes of at least 4 members (excludes halogenated alkanes) is 3. The molecule has 3 aromatic rings. The van der Waals surface area contributed by atoms with Gasteiger partial charge in [0, 0.05) is 18.5 Å². The van der Waals surface area contributed by atoms with Crippen LogP contribution in [0.5, 0.6) is 0 Å². The minimum absolute atomic E-state index is 0.145. The van der Waals surface area contributed by atoms with Gasteiger partial charge >= 0.3 is 5.97 Å². The molecular formula is C25H24N2O3. The van der Waals surface area contributed by atoms with E-state index in [4.69, 9.17) is 5.11 Å². The van der Waals surface area contributed by atoms with E-state index in [2.05, 4.69) is 6.07 Å². The van der Waals surface area contributed by atoms with Crippen molar-refractivity contribution < 1.29 is 9.90 Å². The lowest BCUT2D eigenvalue weighted by molar-refractivity contribution is -0.137. The van der Waals surface area contributed by atoms with E-state index >= 15 is 0 Å². The van der Waals surface area contributed by atoms with Crippen LogP contribution in [0.25, 0.3) is 22.4 Å². The number of aromatic nitrogens is 1. The molecule has 0 unspecified atom stereocenters. The average molecular weight is 400 g/mol. The van der Waals surface area contributed by atoms with Gasteiger partial charge in [0.2, 0.25) is 0 Å². The fourth-order valence-electron chi connectivity index (χ4n) is 3.57. The molecule has 30 heavy (non-hydrogen) atoms. The fraction of sp³-hybridized carbons (Fsp3) is 0.240. The number of hydrogen-bond acceptors (Lipinski definition) is 3. The highest BCUT2D eigenvalue weighted by atomic mass is 16.4. The van der Waals surface area contributed by atoms with E-state index in [1.165, 1.54) is 0 Å². The molecule has 0 radical (unpaired) electrons.